The van der Waals surface area contributed by atoms with E-state index in [2.05, 4.69) is 36.3 Å². The van der Waals surface area contributed by atoms with Gasteiger partial charge in [0.2, 0.25) is 0 Å². The average Bonchev–Trinajstić information content (AvgIpc) is 2.99. The zero-order valence-electron chi connectivity index (χ0n) is 12.8. The van der Waals surface area contributed by atoms with Crippen LogP contribution in [0, 0.1) is 0 Å². The fraction of sp³-hybridized carbons (Fsp3) is 0.412. The number of nitrogens with zero attached hydrogens (tertiary/aromatic N) is 1. The number of benzene rings is 1. The normalized spacial score (nSPS) is 11.3. The quantitative estimate of drug-likeness (QED) is 0.811. The Morgan fingerprint density at radius 3 is 2.67 bits per heavy atom. The Kier molecular flexibility index (Phi) is 6.23. The Morgan fingerprint density at radius 2 is 2.00 bits per heavy atom. The molecule has 0 saturated carbocycles. The molecule has 0 aliphatic heterocycles. The summed E-state index contributed by atoms with van der Waals surface area (Å²) in [4.78, 5) is 3.82. The van der Waals surface area contributed by atoms with Crippen LogP contribution in [-0.4, -0.2) is 24.1 Å². The average molecular weight is 304 g/mol. The first kappa shape index (κ1) is 16.0. The number of hydrogen-bond donors (Lipinski definition) is 1. The van der Waals surface area contributed by atoms with Crippen LogP contribution in [0.2, 0.25) is 0 Å². The number of rotatable bonds is 8. The van der Waals surface area contributed by atoms with Gasteiger partial charge in [0.15, 0.2) is 0 Å². The summed E-state index contributed by atoms with van der Waals surface area (Å²) < 4.78 is 5.91. The van der Waals surface area contributed by atoms with Crippen molar-refractivity contribution < 1.29 is 4.74 Å². The predicted octanol–water partition coefficient (Wildman–Crippen LogP) is 3.50. The lowest BCUT2D eigenvalue weighted by atomic mass is 10.2. The molecule has 2 aromatic rings. The largest absolute Gasteiger partial charge is 0.492 e. The van der Waals surface area contributed by atoms with Crippen LogP contribution in [0.4, 0.5) is 0 Å². The van der Waals surface area contributed by atoms with E-state index >= 15 is 0 Å². The van der Waals surface area contributed by atoms with Gasteiger partial charge >= 0.3 is 0 Å². The first-order valence-corrected chi connectivity index (χ1v) is 8.26. The van der Waals surface area contributed by atoms with Crippen molar-refractivity contribution in [3.05, 3.63) is 52.2 Å². The lowest BCUT2D eigenvalue weighted by Gasteiger charge is -2.26. The monoisotopic (exact) mass is 304 g/mol. The van der Waals surface area contributed by atoms with E-state index in [1.165, 1.54) is 4.88 Å². The fourth-order valence-corrected chi connectivity index (χ4v) is 2.94. The van der Waals surface area contributed by atoms with Gasteiger partial charge in [-0.2, -0.15) is 0 Å². The highest BCUT2D eigenvalue weighted by atomic mass is 32.1. The summed E-state index contributed by atoms with van der Waals surface area (Å²) in [5.41, 5.74) is 6.79. The van der Waals surface area contributed by atoms with Crippen LogP contribution in [-0.2, 0) is 13.1 Å². The second-order valence-electron chi connectivity index (χ2n) is 5.30. The molecule has 1 aromatic heterocycles. The number of para-hydroxylation sites is 1. The van der Waals surface area contributed by atoms with Crippen LogP contribution in [0.1, 0.15) is 24.3 Å². The minimum atomic E-state index is 0.500. The second kappa shape index (κ2) is 8.17. The van der Waals surface area contributed by atoms with E-state index in [4.69, 9.17) is 10.5 Å². The van der Waals surface area contributed by atoms with Gasteiger partial charge in [-0.15, -0.1) is 11.3 Å². The van der Waals surface area contributed by atoms with Gasteiger partial charge in [0.1, 0.15) is 12.4 Å². The summed E-state index contributed by atoms with van der Waals surface area (Å²) in [6, 6.07) is 12.8. The summed E-state index contributed by atoms with van der Waals surface area (Å²) >= 11 is 1.81. The smallest absolute Gasteiger partial charge is 0.123 e. The van der Waals surface area contributed by atoms with Gasteiger partial charge in [-0.1, -0.05) is 24.3 Å². The van der Waals surface area contributed by atoms with Crippen molar-refractivity contribution in [1.82, 2.24) is 4.90 Å². The van der Waals surface area contributed by atoms with E-state index in [9.17, 15) is 0 Å². The zero-order chi connectivity index (χ0) is 15.1. The molecule has 0 spiro atoms. The maximum absolute atomic E-state index is 5.91. The maximum Gasteiger partial charge on any atom is 0.123 e. The zero-order valence-corrected chi connectivity index (χ0v) is 13.6. The molecule has 0 radical (unpaired) electrons. The van der Waals surface area contributed by atoms with Gasteiger partial charge in [0.05, 0.1) is 0 Å². The fourth-order valence-electron chi connectivity index (χ4n) is 2.21. The van der Waals surface area contributed by atoms with Crippen molar-refractivity contribution in [2.24, 2.45) is 5.73 Å². The highest BCUT2D eigenvalue weighted by Crippen LogP contribution is 2.18. The van der Waals surface area contributed by atoms with Gasteiger partial charge in [-0.3, -0.25) is 4.90 Å². The molecule has 0 saturated heterocycles. The third-order valence-electron chi connectivity index (χ3n) is 3.50. The molecule has 21 heavy (non-hydrogen) atoms. The van der Waals surface area contributed by atoms with Gasteiger partial charge in [-0.05, 0) is 31.4 Å². The van der Waals surface area contributed by atoms with Crippen molar-refractivity contribution in [3.63, 3.8) is 0 Å². The van der Waals surface area contributed by atoms with Crippen LogP contribution in [0.25, 0.3) is 0 Å². The van der Waals surface area contributed by atoms with Crippen molar-refractivity contribution in [1.29, 1.82) is 0 Å². The summed E-state index contributed by atoms with van der Waals surface area (Å²) in [5.74, 6) is 0.903. The van der Waals surface area contributed by atoms with Crippen molar-refractivity contribution in [3.8, 4) is 5.75 Å². The lowest BCUT2D eigenvalue weighted by Crippen LogP contribution is -2.33. The number of hydrogen-bond acceptors (Lipinski definition) is 4. The van der Waals surface area contributed by atoms with Crippen LogP contribution in [0.5, 0.6) is 5.75 Å². The van der Waals surface area contributed by atoms with Crippen LogP contribution in [0.15, 0.2) is 41.8 Å². The topological polar surface area (TPSA) is 38.5 Å². The standard InChI is InChI=1S/C17H24N2OS/c1-14(2)19(13-16-7-5-11-21-16)9-10-20-17-8-4-3-6-15(17)12-18/h3-8,11,14H,9-10,12-13,18H2,1-2H3. The third kappa shape index (κ3) is 4.84. The predicted molar refractivity (Wildman–Crippen MR) is 89.7 cm³/mol. The summed E-state index contributed by atoms with van der Waals surface area (Å²) in [6.07, 6.45) is 0. The lowest BCUT2D eigenvalue weighted by molar-refractivity contribution is 0.169. The van der Waals surface area contributed by atoms with E-state index in [1.54, 1.807) is 11.3 Å². The second-order valence-corrected chi connectivity index (χ2v) is 6.34. The molecule has 0 aliphatic rings. The Morgan fingerprint density at radius 1 is 1.19 bits per heavy atom. The number of nitrogens with two attached hydrogens (primary N) is 1. The molecule has 1 heterocycles. The van der Waals surface area contributed by atoms with Gasteiger partial charge in [-0.25, -0.2) is 0 Å². The molecule has 114 valence electrons. The van der Waals surface area contributed by atoms with Crippen LogP contribution in [0.3, 0.4) is 0 Å². The van der Waals surface area contributed by atoms with E-state index < -0.39 is 0 Å². The Bertz CT molecular complexity index is 525. The van der Waals surface area contributed by atoms with E-state index in [-0.39, 0.29) is 0 Å². The summed E-state index contributed by atoms with van der Waals surface area (Å²) in [7, 11) is 0. The molecule has 3 nitrogen and oxygen atoms in total. The molecule has 4 heteroatoms. The SMILES string of the molecule is CC(C)N(CCOc1ccccc1CN)Cc1cccs1. The number of ether oxygens (including phenoxy) is 1. The van der Waals surface area contributed by atoms with Crippen molar-refractivity contribution in [2.75, 3.05) is 13.2 Å². The maximum atomic E-state index is 5.91. The van der Waals surface area contributed by atoms with Crippen LogP contribution >= 0.6 is 11.3 Å². The Hall–Kier alpha value is -1.36. The molecule has 2 rings (SSSR count). The molecule has 0 unspecified atom stereocenters. The summed E-state index contributed by atoms with van der Waals surface area (Å²) in [5, 5.41) is 2.13. The molecule has 1 aromatic carbocycles. The highest BCUT2D eigenvalue weighted by Gasteiger charge is 2.11. The first-order chi connectivity index (χ1) is 10.2. The van der Waals surface area contributed by atoms with E-state index in [1.807, 2.05) is 24.3 Å². The van der Waals surface area contributed by atoms with E-state index in [0.717, 1.165) is 24.4 Å². The van der Waals surface area contributed by atoms with Crippen molar-refractivity contribution >= 4 is 11.3 Å². The third-order valence-corrected chi connectivity index (χ3v) is 4.36. The molecular formula is C17H24N2OS. The Balaban J connectivity index is 1.87. The Labute approximate surface area is 131 Å². The van der Waals surface area contributed by atoms with Crippen molar-refractivity contribution in [2.45, 2.75) is 33.0 Å². The molecule has 2 N–H and O–H groups in total. The van der Waals surface area contributed by atoms with E-state index in [0.29, 0.717) is 19.2 Å². The molecule has 0 amide bonds. The molecule has 0 bridgehead atoms. The van der Waals surface area contributed by atoms with Gasteiger partial charge in [0, 0.05) is 36.1 Å². The number of thiophene rings is 1. The van der Waals surface area contributed by atoms with Crippen LogP contribution < -0.4 is 10.5 Å². The summed E-state index contributed by atoms with van der Waals surface area (Å²) in [6.45, 7) is 7.54. The highest BCUT2D eigenvalue weighted by molar-refractivity contribution is 7.09. The first-order valence-electron chi connectivity index (χ1n) is 7.38. The minimum Gasteiger partial charge on any atom is -0.492 e. The van der Waals surface area contributed by atoms with Gasteiger partial charge < -0.3 is 10.5 Å². The minimum absolute atomic E-state index is 0.500. The molecule has 0 atom stereocenters. The van der Waals surface area contributed by atoms with Gasteiger partial charge in [0.25, 0.3) is 0 Å². The molecule has 0 fully saturated rings. The molecular weight excluding hydrogens is 280 g/mol. The molecule has 0 aliphatic carbocycles.